The Morgan fingerprint density at radius 2 is 1.76 bits per heavy atom. The van der Waals surface area contributed by atoms with Crippen LogP contribution in [0.2, 0.25) is 0 Å². The predicted octanol–water partition coefficient (Wildman–Crippen LogP) is 3.35. The van der Waals surface area contributed by atoms with Gasteiger partial charge in [0.15, 0.2) is 0 Å². The Morgan fingerprint density at radius 1 is 1.10 bits per heavy atom. The maximum absolute atomic E-state index is 5.52. The van der Waals surface area contributed by atoms with Gasteiger partial charge in [-0.2, -0.15) is 0 Å². The first-order valence-electron chi connectivity index (χ1n) is 8.38. The van der Waals surface area contributed by atoms with Gasteiger partial charge in [0.05, 0.1) is 13.2 Å². The number of nitrogens with two attached hydrogens (primary N) is 1. The first-order chi connectivity index (χ1) is 10.2. The number of benzene rings is 1. The van der Waals surface area contributed by atoms with Crippen LogP contribution in [0.15, 0.2) is 22.7 Å². The molecule has 0 atom stereocenters. The zero-order valence-corrected chi connectivity index (χ0v) is 14.3. The van der Waals surface area contributed by atoms with Crippen LogP contribution in [0, 0.1) is 23.7 Å². The second kappa shape index (κ2) is 5.58. The van der Waals surface area contributed by atoms with E-state index in [2.05, 4.69) is 39.4 Å². The fourth-order valence-corrected chi connectivity index (χ4v) is 5.93. The number of methoxy groups -OCH3 is 1. The topological polar surface area (TPSA) is 25.8 Å². The molecule has 2 nitrogen and oxygen atoms in total. The van der Waals surface area contributed by atoms with Crippen molar-refractivity contribution in [3.63, 3.8) is 0 Å². The van der Waals surface area contributed by atoms with Gasteiger partial charge < -0.3 is 10.1 Å². The van der Waals surface area contributed by atoms with Crippen molar-refractivity contribution >= 4 is 15.9 Å². The number of halogens is 1. The third-order valence-electron chi connectivity index (χ3n) is 6.15. The molecule has 1 aromatic carbocycles. The van der Waals surface area contributed by atoms with Crippen LogP contribution < -0.4 is 10.1 Å². The summed E-state index contributed by atoms with van der Waals surface area (Å²) in [6.07, 6.45) is 7.56. The minimum Gasteiger partial charge on any atom is -0.496 e. The van der Waals surface area contributed by atoms with E-state index in [1.807, 2.05) is 0 Å². The Kier molecular flexibility index (Phi) is 3.74. The first-order valence-corrected chi connectivity index (χ1v) is 9.18. The zero-order chi connectivity index (χ0) is 14.4. The lowest BCUT2D eigenvalue weighted by Gasteiger charge is -2.52. The maximum atomic E-state index is 5.52. The summed E-state index contributed by atoms with van der Waals surface area (Å²) in [6, 6.07) is 7.21. The minimum atomic E-state index is 0.862. The van der Waals surface area contributed by atoms with Crippen LogP contribution in [0.3, 0.4) is 0 Å². The van der Waals surface area contributed by atoms with Crippen molar-refractivity contribution in [1.82, 2.24) is 0 Å². The molecule has 0 aliphatic heterocycles. The van der Waals surface area contributed by atoms with E-state index in [4.69, 9.17) is 4.74 Å². The van der Waals surface area contributed by atoms with Gasteiger partial charge in [0.25, 0.3) is 0 Å². The van der Waals surface area contributed by atoms with Crippen LogP contribution in [0.1, 0.15) is 37.7 Å². The van der Waals surface area contributed by atoms with Gasteiger partial charge in [-0.3, -0.25) is 0 Å². The molecule has 0 unspecified atom stereocenters. The normalized spacial score (nSPS) is 37.0. The molecule has 0 amide bonds. The van der Waals surface area contributed by atoms with Gasteiger partial charge in [0, 0.05) is 21.9 Å². The maximum Gasteiger partial charge on any atom is 0.127 e. The van der Waals surface area contributed by atoms with E-state index in [0.717, 1.165) is 46.5 Å². The first kappa shape index (κ1) is 14.1. The summed E-state index contributed by atoms with van der Waals surface area (Å²) >= 11 is 3.58. The molecule has 0 saturated heterocycles. The molecular formula is C18H25BrNO+. The second-order valence-corrected chi connectivity index (χ2v) is 8.32. The van der Waals surface area contributed by atoms with Crippen LogP contribution in [-0.2, 0) is 6.54 Å². The van der Waals surface area contributed by atoms with Crippen molar-refractivity contribution in [2.24, 2.45) is 23.7 Å². The molecule has 3 heteroatoms. The summed E-state index contributed by atoms with van der Waals surface area (Å²) in [4.78, 5) is 0. The molecule has 114 valence electrons. The largest absolute Gasteiger partial charge is 0.496 e. The smallest absolute Gasteiger partial charge is 0.127 e. The molecule has 0 radical (unpaired) electrons. The highest BCUT2D eigenvalue weighted by Gasteiger charge is 2.50. The molecule has 0 heterocycles. The lowest BCUT2D eigenvalue weighted by atomic mass is 9.54. The van der Waals surface area contributed by atoms with Gasteiger partial charge in [0.2, 0.25) is 0 Å². The summed E-state index contributed by atoms with van der Waals surface area (Å²) in [5.41, 5.74) is 1.32. The molecule has 4 aliphatic carbocycles. The Morgan fingerprint density at radius 3 is 2.38 bits per heavy atom. The quantitative estimate of drug-likeness (QED) is 0.885. The number of ether oxygens (including phenoxy) is 1. The van der Waals surface area contributed by atoms with Gasteiger partial charge in [-0.1, -0.05) is 15.9 Å². The van der Waals surface area contributed by atoms with E-state index in [0.29, 0.717) is 0 Å². The van der Waals surface area contributed by atoms with Crippen molar-refractivity contribution in [2.75, 3.05) is 7.11 Å². The molecule has 0 spiro atoms. The number of hydrogen-bond donors (Lipinski definition) is 1. The SMILES string of the molecule is COc1ccc(Br)cc1C[NH2+]C1C2CC3CC(C2)CC1C3. The molecule has 1 aromatic rings. The Bertz CT molecular complexity index is 502. The summed E-state index contributed by atoms with van der Waals surface area (Å²) in [5.74, 6) is 5.13. The fraction of sp³-hybridized carbons (Fsp3) is 0.667. The Labute approximate surface area is 135 Å². The van der Waals surface area contributed by atoms with Crippen LogP contribution in [0.5, 0.6) is 5.75 Å². The summed E-state index contributed by atoms with van der Waals surface area (Å²) in [5, 5.41) is 2.62. The van der Waals surface area contributed by atoms with Gasteiger partial charge in [0.1, 0.15) is 12.3 Å². The van der Waals surface area contributed by atoms with E-state index in [9.17, 15) is 0 Å². The van der Waals surface area contributed by atoms with Crippen molar-refractivity contribution in [3.8, 4) is 5.75 Å². The van der Waals surface area contributed by atoms with Crippen molar-refractivity contribution in [3.05, 3.63) is 28.2 Å². The van der Waals surface area contributed by atoms with Crippen molar-refractivity contribution < 1.29 is 10.1 Å². The highest BCUT2D eigenvalue weighted by atomic mass is 79.9. The molecular weight excluding hydrogens is 326 g/mol. The van der Waals surface area contributed by atoms with Crippen LogP contribution in [0.25, 0.3) is 0 Å². The van der Waals surface area contributed by atoms with E-state index >= 15 is 0 Å². The van der Waals surface area contributed by atoms with Gasteiger partial charge >= 0.3 is 0 Å². The van der Waals surface area contributed by atoms with E-state index in [1.165, 1.54) is 31.2 Å². The van der Waals surface area contributed by atoms with E-state index in [-0.39, 0.29) is 0 Å². The zero-order valence-electron chi connectivity index (χ0n) is 12.7. The number of hydrogen-bond acceptors (Lipinski definition) is 1. The monoisotopic (exact) mass is 350 g/mol. The van der Waals surface area contributed by atoms with Crippen molar-refractivity contribution in [2.45, 2.75) is 44.7 Å². The fourth-order valence-electron chi connectivity index (χ4n) is 5.52. The molecule has 4 saturated carbocycles. The molecule has 4 aliphatic rings. The third kappa shape index (κ3) is 2.63. The average molecular weight is 351 g/mol. The van der Waals surface area contributed by atoms with E-state index in [1.54, 1.807) is 13.5 Å². The highest BCUT2D eigenvalue weighted by molar-refractivity contribution is 9.10. The standard InChI is InChI=1S/C18H24BrNO/c1-21-17-3-2-16(19)9-15(17)10-20-18-13-5-11-4-12(7-13)8-14(18)6-11/h2-3,9,11-14,18,20H,4-8,10H2,1H3/p+1. The molecule has 2 N–H and O–H groups in total. The van der Waals surface area contributed by atoms with Gasteiger partial charge in [-0.25, -0.2) is 0 Å². The minimum absolute atomic E-state index is 0.862. The van der Waals surface area contributed by atoms with Crippen LogP contribution >= 0.6 is 15.9 Å². The van der Waals surface area contributed by atoms with Crippen LogP contribution in [0.4, 0.5) is 0 Å². The molecule has 21 heavy (non-hydrogen) atoms. The summed E-state index contributed by atoms with van der Waals surface area (Å²) in [6.45, 7) is 1.05. The molecule has 4 fully saturated rings. The van der Waals surface area contributed by atoms with Crippen LogP contribution in [-0.4, -0.2) is 13.2 Å². The molecule has 5 rings (SSSR count). The van der Waals surface area contributed by atoms with E-state index < -0.39 is 0 Å². The Hall–Kier alpha value is -0.540. The summed E-state index contributed by atoms with van der Waals surface area (Å²) < 4.78 is 6.67. The molecule has 4 bridgehead atoms. The highest BCUT2D eigenvalue weighted by Crippen LogP contribution is 2.52. The van der Waals surface area contributed by atoms with Gasteiger partial charge in [-0.15, -0.1) is 0 Å². The van der Waals surface area contributed by atoms with Crippen molar-refractivity contribution in [1.29, 1.82) is 0 Å². The number of quaternary nitrogens is 1. The average Bonchev–Trinajstić information content (AvgIpc) is 2.46. The molecule has 0 aromatic heterocycles. The summed E-state index contributed by atoms with van der Waals surface area (Å²) in [7, 11) is 1.77. The Balaban J connectivity index is 1.46. The lowest BCUT2D eigenvalue weighted by molar-refractivity contribution is -0.723. The predicted molar refractivity (Wildman–Crippen MR) is 87.2 cm³/mol. The number of rotatable bonds is 4. The second-order valence-electron chi connectivity index (χ2n) is 7.40. The lowest BCUT2D eigenvalue weighted by Crippen LogP contribution is -2.93. The third-order valence-corrected chi connectivity index (χ3v) is 6.65. The van der Waals surface area contributed by atoms with Gasteiger partial charge in [-0.05, 0) is 62.1 Å².